The number of nitrogens with one attached hydrogen (secondary N) is 2. The van der Waals surface area contributed by atoms with E-state index in [0.29, 0.717) is 6.42 Å². The molecule has 0 bridgehead atoms. The van der Waals surface area contributed by atoms with Crippen LogP contribution in [0, 0.1) is 5.82 Å². The van der Waals surface area contributed by atoms with Crippen molar-refractivity contribution in [3.63, 3.8) is 0 Å². The number of carbonyl (C=O) groups excluding carboxylic acids is 1. The molecule has 0 saturated heterocycles. The molecule has 0 atom stereocenters. The van der Waals surface area contributed by atoms with Crippen LogP contribution < -0.4 is 10.0 Å². The van der Waals surface area contributed by atoms with E-state index in [0.717, 1.165) is 5.56 Å². The van der Waals surface area contributed by atoms with E-state index < -0.39 is 15.8 Å². The number of anilines is 1. The van der Waals surface area contributed by atoms with Crippen LogP contribution in [-0.2, 0) is 21.2 Å². The first kappa shape index (κ1) is 19.1. The van der Waals surface area contributed by atoms with Crippen LogP contribution >= 0.6 is 0 Å². The number of benzene rings is 2. The van der Waals surface area contributed by atoms with Crippen LogP contribution in [0.25, 0.3) is 0 Å². The lowest BCUT2D eigenvalue weighted by atomic mass is 10.1. The lowest BCUT2D eigenvalue weighted by molar-refractivity contribution is -0.116. The van der Waals surface area contributed by atoms with Crippen LogP contribution in [0.2, 0.25) is 0 Å². The number of amides is 1. The summed E-state index contributed by atoms with van der Waals surface area (Å²) in [5.74, 6) is -0.786. The molecule has 2 N–H and O–H groups in total. The minimum absolute atomic E-state index is 0.147. The molecule has 25 heavy (non-hydrogen) atoms. The molecule has 0 aliphatic heterocycles. The Morgan fingerprint density at radius 2 is 1.72 bits per heavy atom. The highest BCUT2D eigenvalue weighted by Gasteiger charge is 2.15. The van der Waals surface area contributed by atoms with E-state index in [1.54, 1.807) is 38.1 Å². The third-order valence-electron chi connectivity index (χ3n) is 3.41. The van der Waals surface area contributed by atoms with Gasteiger partial charge in [-0.25, -0.2) is 17.5 Å². The van der Waals surface area contributed by atoms with Crippen molar-refractivity contribution >= 4 is 21.6 Å². The van der Waals surface area contributed by atoms with Gasteiger partial charge in [-0.3, -0.25) is 4.79 Å². The van der Waals surface area contributed by atoms with Gasteiger partial charge in [0.1, 0.15) is 5.82 Å². The molecule has 2 rings (SSSR count). The molecule has 1 amide bonds. The fraction of sp³-hybridized carbons (Fsp3) is 0.278. The van der Waals surface area contributed by atoms with Crippen molar-refractivity contribution in [1.82, 2.24) is 4.72 Å². The lowest BCUT2D eigenvalue weighted by Crippen LogP contribution is -2.30. The van der Waals surface area contributed by atoms with E-state index in [4.69, 9.17) is 0 Å². The molecule has 0 aliphatic carbocycles. The Hall–Kier alpha value is -2.25. The van der Waals surface area contributed by atoms with Crippen molar-refractivity contribution in [2.45, 2.75) is 37.6 Å². The summed E-state index contributed by atoms with van der Waals surface area (Å²) in [7, 11) is -3.52. The molecule has 0 heterocycles. The second-order valence-electron chi connectivity index (χ2n) is 5.95. The average Bonchev–Trinajstić information content (AvgIpc) is 2.54. The standard InChI is InChI=1S/C18H21FN2O3S/c1-13(2)21-25(23,24)15-10-7-14(8-11-15)9-12-18(22)20-17-6-4-3-5-16(17)19/h3-8,10-11,13,21H,9,12H2,1-2H3,(H,20,22). The first-order valence-electron chi connectivity index (χ1n) is 7.93. The van der Waals surface area contributed by atoms with Crippen molar-refractivity contribution < 1.29 is 17.6 Å². The number of para-hydroxylation sites is 1. The summed E-state index contributed by atoms with van der Waals surface area (Å²) in [6.45, 7) is 3.50. The Balaban J connectivity index is 1.93. The van der Waals surface area contributed by atoms with Gasteiger partial charge in [-0.15, -0.1) is 0 Å². The predicted octanol–water partition coefficient (Wildman–Crippen LogP) is 3.08. The van der Waals surface area contributed by atoms with Gasteiger partial charge in [0.2, 0.25) is 15.9 Å². The van der Waals surface area contributed by atoms with Gasteiger partial charge in [-0.2, -0.15) is 0 Å². The Labute approximate surface area is 147 Å². The number of hydrogen-bond acceptors (Lipinski definition) is 3. The van der Waals surface area contributed by atoms with Crippen molar-refractivity contribution in [2.24, 2.45) is 0 Å². The molecule has 134 valence electrons. The van der Waals surface area contributed by atoms with Crippen LogP contribution in [-0.4, -0.2) is 20.4 Å². The highest BCUT2D eigenvalue weighted by Crippen LogP contribution is 2.15. The van der Waals surface area contributed by atoms with E-state index in [9.17, 15) is 17.6 Å². The number of carbonyl (C=O) groups is 1. The summed E-state index contributed by atoms with van der Waals surface area (Å²) in [6.07, 6.45) is 0.600. The van der Waals surface area contributed by atoms with Crippen LogP contribution in [0.15, 0.2) is 53.4 Å². The molecule has 7 heteroatoms. The van der Waals surface area contributed by atoms with Crippen LogP contribution in [0.5, 0.6) is 0 Å². The predicted molar refractivity (Wildman–Crippen MR) is 95.3 cm³/mol. The Bertz CT molecular complexity index is 834. The SMILES string of the molecule is CC(C)NS(=O)(=O)c1ccc(CCC(=O)Nc2ccccc2F)cc1. The summed E-state index contributed by atoms with van der Waals surface area (Å²) in [5, 5.41) is 2.52. The van der Waals surface area contributed by atoms with Crippen LogP contribution in [0.4, 0.5) is 10.1 Å². The third kappa shape index (κ3) is 5.65. The highest BCUT2D eigenvalue weighted by atomic mass is 32.2. The molecule has 0 spiro atoms. The second kappa shape index (κ2) is 8.22. The Morgan fingerprint density at radius 3 is 2.32 bits per heavy atom. The summed E-state index contributed by atoms with van der Waals surface area (Å²) >= 11 is 0. The summed E-state index contributed by atoms with van der Waals surface area (Å²) in [4.78, 5) is 12.1. The number of aryl methyl sites for hydroxylation is 1. The van der Waals surface area contributed by atoms with Gasteiger partial charge in [0.05, 0.1) is 10.6 Å². The molecule has 2 aromatic rings. The molecule has 0 fully saturated rings. The first-order valence-corrected chi connectivity index (χ1v) is 9.42. The Morgan fingerprint density at radius 1 is 1.08 bits per heavy atom. The molecule has 0 unspecified atom stereocenters. The number of rotatable bonds is 7. The minimum Gasteiger partial charge on any atom is -0.324 e. The summed E-state index contributed by atoms with van der Waals surface area (Å²) < 4.78 is 40.1. The topological polar surface area (TPSA) is 75.3 Å². The largest absolute Gasteiger partial charge is 0.324 e. The normalized spacial score (nSPS) is 11.5. The first-order chi connectivity index (χ1) is 11.8. The molecule has 0 aliphatic rings. The van der Waals surface area contributed by atoms with E-state index in [2.05, 4.69) is 10.0 Å². The lowest BCUT2D eigenvalue weighted by Gasteiger charge is -2.10. The average molecular weight is 364 g/mol. The van der Waals surface area contributed by atoms with Crippen LogP contribution in [0.1, 0.15) is 25.8 Å². The van der Waals surface area contributed by atoms with Gasteiger partial charge in [0, 0.05) is 12.5 Å². The minimum atomic E-state index is -3.52. The zero-order valence-electron chi connectivity index (χ0n) is 14.1. The summed E-state index contributed by atoms with van der Waals surface area (Å²) in [5.41, 5.74) is 0.973. The van der Waals surface area contributed by atoms with E-state index in [-0.39, 0.29) is 29.0 Å². The Kier molecular flexibility index (Phi) is 6.27. The van der Waals surface area contributed by atoms with E-state index in [1.807, 2.05) is 0 Å². The smallest absolute Gasteiger partial charge is 0.240 e. The van der Waals surface area contributed by atoms with Crippen LogP contribution in [0.3, 0.4) is 0 Å². The van der Waals surface area contributed by atoms with Crippen molar-refractivity contribution in [1.29, 1.82) is 0 Å². The van der Waals surface area contributed by atoms with Gasteiger partial charge in [0.25, 0.3) is 0 Å². The molecule has 5 nitrogen and oxygen atoms in total. The molecule has 2 aromatic carbocycles. The van der Waals surface area contributed by atoms with Gasteiger partial charge in [0.15, 0.2) is 0 Å². The maximum Gasteiger partial charge on any atom is 0.240 e. The van der Waals surface area contributed by atoms with Crippen molar-refractivity contribution in [3.05, 3.63) is 59.9 Å². The zero-order chi connectivity index (χ0) is 18.4. The molecular weight excluding hydrogens is 343 g/mol. The molecular formula is C18H21FN2O3S. The molecule has 0 aromatic heterocycles. The van der Waals surface area contributed by atoms with Crippen molar-refractivity contribution in [2.75, 3.05) is 5.32 Å². The fourth-order valence-electron chi connectivity index (χ4n) is 2.25. The number of hydrogen-bond donors (Lipinski definition) is 2. The van der Waals surface area contributed by atoms with Crippen molar-refractivity contribution in [3.8, 4) is 0 Å². The number of halogens is 1. The quantitative estimate of drug-likeness (QED) is 0.793. The highest BCUT2D eigenvalue weighted by molar-refractivity contribution is 7.89. The van der Waals surface area contributed by atoms with E-state index >= 15 is 0 Å². The zero-order valence-corrected chi connectivity index (χ0v) is 14.9. The fourth-order valence-corrected chi connectivity index (χ4v) is 3.50. The number of sulfonamides is 1. The molecule has 0 radical (unpaired) electrons. The third-order valence-corrected chi connectivity index (χ3v) is 5.09. The second-order valence-corrected chi connectivity index (χ2v) is 7.66. The van der Waals surface area contributed by atoms with E-state index in [1.165, 1.54) is 24.3 Å². The van der Waals surface area contributed by atoms with Gasteiger partial charge in [-0.1, -0.05) is 24.3 Å². The summed E-state index contributed by atoms with van der Waals surface area (Å²) in [6, 6.07) is 12.1. The van der Waals surface area contributed by atoms with Gasteiger partial charge in [-0.05, 0) is 50.1 Å². The maximum atomic E-state index is 13.5. The monoisotopic (exact) mass is 364 g/mol. The van der Waals surface area contributed by atoms with Gasteiger partial charge >= 0.3 is 0 Å². The molecule has 0 saturated carbocycles. The van der Waals surface area contributed by atoms with Gasteiger partial charge < -0.3 is 5.32 Å². The maximum absolute atomic E-state index is 13.5.